The van der Waals surface area contributed by atoms with E-state index in [2.05, 4.69) is 22.1 Å². The molecule has 0 radical (unpaired) electrons. The zero-order valence-corrected chi connectivity index (χ0v) is 12.2. The lowest BCUT2D eigenvalue weighted by molar-refractivity contribution is -0.133. The van der Waals surface area contributed by atoms with Crippen LogP contribution in [0.4, 0.5) is 0 Å². The highest BCUT2D eigenvalue weighted by Crippen LogP contribution is 2.21. The molecule has 1 unspecified atom stereocenters. The van der Waals surface area contributed by atoms with Crippen molar-refractivity contribution in [3.63, 3.8) is 0 Å². The zero-order valence-electron chi connectivity index (χ0n) is 11.4. The number of thioether (sulfide) groups is 1. The van der Waals surface area contributed by atoms with E-state index in [1.165, 1.54) is 31.0 Å². The van der Waals surface area contributed by atoms with Gasteiger partial charge in [-0.1, -0.05) is 18.2 Å². The first-order valence-electron chi connectivity index (χ1n) is 6.52. The smallest absolute Gasteiger partial charge is 0.313 e. The summed E-state index contributed by atoms with van der Waals surface area (Å²) in [7, 11) is 2.15. The molecular formula is C12H20N4O2S. The first kappa shape index (κ1) is 14.3. The minimum atomic E-state index is -0.827. The fourth-order valence-corrected chi connectivity index (χ4v) is 3.10. The van der Waals surface area contributed by atoms with E-state index >= 15 is 0 Å². The third-order valence-corrected chi connectivity index (χ3v) is 4.49. The van der Waals surface area contributed by atoms with E-state index in [-0.39, 0.29) is 5.75 Å². The molecule has 1 N–H and O–H groups in total. The molecule has 7 heteroatoms. The molecule has 1 aromatic heterocycles. The Kier molecular flexibility index (Phi) is 4.81. The summed E-state index contributed by atoms with van der Waals surface area (Å²) < 4.78 is 2.04. The van der Waals surface area contributed by atoms with Crippen LogP contribution < -0.4 is 0 Å². The Hall–Kier alpha value is -1.08. The van der Waals surface area contributed by atoms with Crippen molar-refractivity contribution in [2.45, 2.75) is 43.9 Å². The number of aryl methyl sites for hydroxylation is 1. The molecule has 19 heavy (non-hydrogen) atoms. The van der Waals surface area contributed by atoms with Gasteiger partial charge in [0.15, 0.2) is 5.16 Å². The van der Waals surface area contributed by atoms with Gasteiger partial charge < -0.3 is 14.6 Å². The molecule has 1 aliphatic rings. The van der Waals surface area contributed by atoms with Crippen LogP contribution in [0.5, 0.6) is 0 Å². The average molecular weight is 284 g/mol. The van der Waals surface area contributed by atoms with Gasteiger partial charge in [0.05, 0.1) is 5.75 Å². The van der Waals surface area contributed by atoms with Crippen LogP contribution in [0, 0.1) is 6.92 Å². The normalized spacial score (nSPS) is 20.6. The predicted molar refractivity (Wildman–Crippen MR) is 73.4 cm³/mol. The minimum Gasteiger partial charge on any atom is -0.481 e. The third kappa shape index (κ3) is 3.70. The van der Waals surface area contributed by atoms with Crippen LogP contribution in [0.1, 0.15) is 25.1 Å². The topological polar surface area (TPSA) is 71.2 Å². The Morgan fingerprint density at radius 3 is 2.95 bits per heavy atom. The third-order valence-electron chi connectivity index (χ3n) is 3.54. The number of hydrogen-bond donors (Lipinski definition) is 1. The molecule has 0 amide bonds. The molecular weight excluding hydrogens is 264 g/mol. The SMILES string of the molecule is Cc1nnc(SCC(=O)O)n1CC1CCCCN1C. The fourth-order valence-electron chi connectivity index (χ4n) is 2.39. The van der Waals surface area contributed by atoms with Crippen molar-refractivity contribution in [1.82, 2.24) is 19.7 Å². The van der Waals surface area contributed by atoms with Crippen molar-refractivity contribution in [1.29, 1.82) is 0 Å². The number of aliphatic carboxylic acids is 1. The summed E-state index contributed by atoms with van der Waals surface area (Å²) in [5.74, 6) is 0.0531. The van der Waals surface area contributed by atoms with Crippen LogP contribution >= 0.6 is 11.8 Å². The van der Waals surface area contributed by atoms with Crippen molar-refractivity contribution < 1.29 is 9.90 Å². The highest BCUT2D eigenvalue weighted by Gasteiger charge is 2.22. The van der Waals surface area contributed by atoms with Gasteiger partial charge in [-0.2, -0.15) is 0 Å². The number of carbonyl (C=O) groups is 1. The number of aromatic nitrogens is 3. The van der Waals surface area contributed by atoms with Crippen LogP contribution in [0.2, 0.25) is 0 Å². The molecule has 0 aliphatic carbocycles. The summed E-state index contributed by atoms with van der Waals surface area (Å²) in [6.45, 7) is 3.89. The first-order valence-corrected chi connectivity index (χ1v) is 7.51. The summed E-state index contributed by atoms with van der Waals surface area (Å²) >= 11 is 1.24. The largest absolute Gasteiger partial charge is 0.481 e. The van der Waals surface area contributed by atoms with Crippen LogP contribution in [0.25, 0.3) is 0 Å². The second kappa shape index (κ2) is 6.38. The van der Waals surface area contributed by atoms with Gasteiger partial charge in [-0.15, -0.1) is 10.2 Å². The van der Waals surface area contributed by atoms with Crippen molar-refractivity contribution in [2.75, 3.05) is 19.3 Å². The Labute approximate surface area is 117 Å². The number of likely N-dealkylation sites (N-methyl/N-ethyl adjacent to an activating group) is 1. The maximum atomic E-state index is 10.6. The highest BCUT2D eigenvalue weighted by molar-refractivity contribution is 7.99. The van der Waals surface area contributed by atoms with Gasteiger partial charge in [0.25, 0.3) is 0 Å². The molecule has 2 heterocycles. The monoisotopic (exact) mass is 284 g/mol. The van der Waals surface area contributed by atoms with Gasteiger partial charge in [0.1, 0.15) is 5.82 Å². The predicted octanol–water partition coefficient (Wildman–Crippen LogP) is 1.25. The van der Waals surface area contributed by atoms with Gasteiger partial charge in [-0.05, 0) is 33.4 Å². The van der Waals surface area contributed by atoms with Crippen LogP contribution in [0.15, 0.2) is 5.16 Å². The Bertz CT molecular complexity index is 449. The highest BCUT2D eigenvalue weighted by atomic mass is 32.2. The van der Waals surface area contributed by atoms with Crippen LogP contribution in [-0.2, 0) is 11.3 Å². The zero-order chi connectivity index (χ0) is 13.8. The maximum Gasteiger partial charge on any atom is 0.313 e. The fraction of sp³-hybridized carbons (Fsp3) is 0.750. The Balaban J connectivity index is 2.05. The molecule has 2 rings (SSSR count). The van der Waals surface area contributed by atoms with E-state index in [1.54, 1.807) is 0 Å². The number of piperidine rings is 1. The summed E-state index contributed by atoms with van der Waals surface area (Å²) in [6, 6.07) is 0.493. The lowest BCUT2D eigenvalue weighted by atomic mass is 10.0. The second-order valence-corrected chi connectivity index (χ2v) is 5.90. The minimum absolute atomic E-state index is 0.0264. The Morgan fingerprint density at radius 2 is 2.26 bits per heavy atom. The van der Waals surface area contributed by atoms with Crippen LogP contribution in [0.3, 0.4) is 0 Å². The number of hydrogen-bond acceptors (Lipinski definition) is 5. The van der Waals surface area contributed by atoms with Crippen molar-refractivity contribution in [3.8, 4) is 0 Å². The van der Waals surface area contributed by atoms with E-state index in [0.717, 1.165) is 18.9 Å². The lowest BCUT2D eigenvalue weighted by Gasteiger charge is -2.33. The van der Waals surface area contributed by atoms with Gasteiger partial charge in [-0.25, -0.2) is 0 Å². The number of carboxylic acids is 1. The van der Waals surface area contributed by atoms with E-state index in [4.69, 9.17) is 5.11 Å². The standard InChI is InChI=1S/C12H20N4O2S/c1-9-13-14-12(19-8-11(17)18)16(9)7-10-5-3-4-6-15(10)2/h10H,3-8H2,1-2H3,(H,17,18). The van der Waals surface area contributed by atoms with Gasteiger partial charge in [-0.3, -0.25) is 4.79 Å². The number of carboxylic acid groups (broad SMARTS) is 1. The van der Waals surface area contributed by atoms with Gasteiger partial charge >= 0.3 is 5.97 Å². The molecule has 1 fully saturated rings. The summed E-state index contributed by atoms with van der Waals surface area (Å²) in [5, 5.41) is 17.6. The molecule has 106 valence electrons. The molecule has 1 aliphatic heterocycles. The quantitative estimate of drug-likeness (QED) is 0.821. The van der Waals surface area contributed by atoms with Gasteiger partial charge in [0.2, 0.25) is 0 Å². The van der Waals surface area contributed by atoms with E-state index < -0.39 is 5.97 Å². The summed E-state index contributed by atoms with van der Waals surface area (Å²) in [4.78, 5) is 13.0. The maximum absolute atomic E-state index is 10.6. The molecule has 0 saturated carbocycles. The van der Waals surface area contributed by atoms with Crippen LogP contribution in [-0.4, -0.2) is 56.1 Å². The van der Waals surface area contributed by atoms with Crippen molar-refractivity contribution in [2.24, 2.45) is 0 Å². The lowest BCUT2D eigenvalue weighted by Crippen LogP contribution is -2.39. The summed E-state index contributed by atoms with van der Waals surface area (Å²) in [6.07, 6.45) is 3.69. The average Bonchev–Trinajstić information content (AvgIpc) is 2.71. The van der Waals surface area contributed by atoms with Crippen molar-refractivity contribution >= 4 is 17.7 Å². The molecule has 1 atom stereocenters. The molecule has 1 saturated heterocycles. The number of nitrogens with zero attached hydrogens (tertiary/aromatic N) is 4. The van der Waals surface area contributed by atoms with E-state index in [0.29, 0.717) is 11.2 Å². The molecule has 0 aromatic carbocycles. The van der Waals surface area contributed by atoms with Crippen molar-refractivity contribution in [3.05, 3.63) is 5.82 Å². The Morgan fingerprint density at radius 1 is 1.47 bits per heavy atom. The number of likely N-dealkylation sites (tertiary alicyclic amines) is 1. The molecule has 6 nitrogen and oxygen atoms in total. The van der Waals surface area contributed by atoms with Gasteiger partial charge in [0, 0.05) is 12.6 Å². The molecule has 1 aromatic rings. The first-order chi connectivity index (χ1) is 9.08. The molecule has 0 bridgehead atoms. The summed E-state index contributed by atoms with van der Waals surface area (Å²) in [5.41, 5.74) is 0. The molecule has 0 spiro atoms. The second-order valence-electron chi connectivity index (χ2n) is 4.95. The number of rotatable bonds is 5. The van der Waals surface area contributed by atoms with E-state index in [9.17, 15) is 4.79 Å². The van der Waals surface area contributed by atoms with E-state index in [1.807, 2.05) is 11.5 Å².